The van der Waals surface area contributed by atoms with E-state index in [1.165, 1.54) is 38.9 Å². The predicted molar refractivity (Wildman–Crippen MR) is 119 cm³/mol. The van der Waals surface area contributed by atoms with Gasteiger partial charge < -0.3 is 15.5 Å². The second kappa shape index (κ2) is 12.0. The fourth-order valence-electron chi connectivity index (χ4n) is 3.25. The number of nitrogens with one attached hydrogen (secondary N) is 2. The van der Waals surface area contributed by atoms with Crippen LogP contribution in [0.4, 0.5) is 0 Å². The van der Waals surface area contributed by atoms with Crippen LogP contribution in [0.5, 0.6) is 0 Å². The first-order valence-electron chi connectivity index (χ1n) is 9.07. The number of piperidine rings is 1. The molecule has 0 spiro atoms. The van der Waals surface area contributed by atoms with E-state index in [1.807, 2.05) is 25.2 Å². The van der Waals surface area contributed by atoms with Crippen molar-refractivity contribution in [2.75, 3.05) is 33.2 Å². The number of benzene rings is 1. The first kappa shape index (κ1) is 22.5. The molecule has 142 valence electrons. The smallest absolute Gasteiger partial charge is 0.191 e. The van der Waals surface area contributed by atoms with Gasteiger partial charge in [-0.25, -0.2) is 0 Å². The Morgan fingerprint density at radius 1 is 1.36 bits per heavy atom. The SMILES string of the molecule is CCN1CCC(CCNC(=NC)NC(C)c2cccc(Cl)c2)CC1.I. The summed E-state index contributed by atoms with van der Waals surface area (Å²) in [5.41, 5.74) is 1.16. The third-order valence-electron chi connectivity index (χ3n) is 4.92. The number of aliphatic imine (C=N–C) groups is 1. The molecular formula is C19H32ClIN4. The largest absolute Gasteiger partial charge is 0.356 e. The summed E-state index contributed by atoms with van der Waals surface area (Å²) in [5.74, 6) is 1.69. The molecule has 1 unspecified atom stereocenters. The van der Waals surface area contributed by atoms with Crippen molar-refractivity contribution in [3.8, 4) is 0 Å². The molecule has 6 heteroatoms. The molecule has 1 fully saturated rings. The van der Waals surface area contributed by atoms with Crippen molar-refractivity contribution in [3.63, 3.8) is 0 Å². The first-order chi connectivity index (χ1) is 11.6. The van der Waals surface area contributed by atoms with Crippen molar-refractivity contribution >= 4 is 41.5 Å². The van der Waals surface area contributed by atoms with Crippen LogP contribution in [0.3, 0.4) is 0 Å². The molecule has 0 saturated carbocycles. The van der Waals surface area contributed by atoms with Crippen molar-refractivity contribution < 1.29 is 0 Å². The normalized spacial score (nSPS) is 17.7. The van der Waals surface area contributed by atoms with Crippen LogP contribution in [-0.4, -0.2) is 44.1 Å². The quantitative estimate of drug-likeness (QED) is 0.364. The Balaban J connectivity index is 0.00000312. The van der Waals surface area contributed by atoms with E-state index in [2.05, 4.69) is 40.4 Å². The Labute approximate surface area is 174 Å². The van der Waals surface area contributed by atoms with Gasteiger partial charge in [0.25, 0.3) is 0 Å². The van der Waals surface area contributed by atoms with Gasteiger partial charge in [0, 0.05) is 18.6 Å². The molecule has 0 amide bonds. The van der Waals surface area contributed by atoms with Crippen LogP contribution in [0.25, 0.3) is 0 Å². The van der Waals surface area contributed by atoms with Gasteiger partial charge in [-0.3, -0.25) is 4.99 Å². The Bertz CT molecular complexity index is 530. The Morgan fingerprint density at radius 2 is 2.08 bits per heavy atom. The maximum atomic E-state index is 6.07. The standard InChI is InChI=1S/C19H31ClN4.HI/c1-4-24-12-9-16(10-13-24)8-11-22-19(21-3)23-15(2)17-6-5-7-18(20)14-17;/h5-7,14-16H,4,8-13H2,1-3H3,(H2,21,22,23);1H. The maximum Gasteiger partial charge on any atom is 0.191 e. The lowest BCUT2D eigenvalue weighted by Crippen LogP contribution is -2.40. The van der Waals surface area contributed by atoms with E-state index >= 15 is 0 Å². The van der Waals surface area contributed by atoms with Crippen LogP contribution >= 0.6 is 35.6 Å². The summed E-state index contributed by atoms with van der Waals surface area (Å²) in [6.07, 6.45) is 3.85. The minimum absolute atomic E-state index is 0. The lowest BCUT2D eigenvalue weighted by molar-refractivity contribution is 0.187. The molecule has 2 rings (SSSR count). The van der Waals surface area contributed by atoms with E-state index in [0.717, 1.165) is 29.0 Å². The van der Waals surface area contributed by atoms with Gasteiger partial charge in [-0.2, -0.15) is 0 Å². The topological polar surface area (TPSA) is 39.7 Å². The third-order valence-corrected chi connectivity index (χ3v) is 5.16. The summed E-state index contributed by atoms with van der Waals surface area (Å²) in [6.45, 7) is 9.03. The summed E-state index contributed by atoms with van der Waals surface area (Å²) in [7, 11) is 1.82. The number of hydrogen-bond donors (Lipinski definition) is 2. The molecule has 2 N–H and O–H groups in total. The first-order valence-corrected chi connectivity index (χ1v) is 9.45. The van der Waals surface area contributed by atoms with Crippen molar-refractivity contribution in [1.82, 2.24) is 15.5 Å². The summed E-state index contributed by atoms with van der Waals surface area (Å²) in [6, 6.07) is 8.12. The zero-order chi connectivity index (χ0) is 17.4. The van der Waals surface area contributed by atoms with Gasteiger partial charge in [-0.1, -0.05) is 30.7 Å². The monoisotopic (exact) mass is 478 g/mol. The average Bonchev–Trinajstić information content (AvgIpc) is 2.61. The molecule has 0 aliphatic carbocycles. The molecule has 1 aromatic rings. The average molecular weight is 479 g/mol. The molecule has 0 aromatic heterocycles. The van der Waals surface area contributed by atoms with Gasteiger partial charge in [0.1, 0.15) is 0 Å². The maximum absolute atomic E-state index is 6.07. The number of hydrogen-bond acceptors (Lipinski definition) is 2. The minimum atomic E-state index is 0. The zero-order valence-corrected chi connectivity index (χ0v) is 18.7. The van der Waals surface area contributed by atoms with Crippen LogP contribution in [0, 0.1) is 5.92 Å². The van der Waals surface area contributed by atoms with Gasteiger partial charge in [0.05, 0.1) is 6.04 Å². The highest BCUT2D eigenvalue weighted by molar-refractivity contribution is 14.0. The van der Waals surface area contributed by atoms with E-state index < -0.39 is 0 Å². The second-order valence-corrected chi connectivity index (χ2v) is 7.02. The van der Waals surface area contributed by atoms with Gasteiger partial charge in [-0.15, -0.1) is 24.0 Å². The molecule has 1 heterocycles. The van der Waals surface area contributed by atoms with Gasteiger partial charge >= 0.3 is 0 Å². The number of guanidine groups is 1. The van der Waals surface area contributed by atoms with Crippen LogP contribution in [-0.2, 0) is 0 Å². The third kappa shape index (κ3) is 7.71. The number of halogens is 2. The predicted octanol–water partition coefficient (Wildman–Crippen LogP) is 4.31. The van der Waals surface area contributed by atoms with E-state index in [0.29, 0.717) is 0 Å². The minimum Gasteiger partial charge on any atom is -0.356 e. The van der Waals surface area contributed by atoms with Crippen LogP contribution < -0.4 is 10.6 Å². The molecule has 0 radical (unpaired) electrons. The molecule has 1 aliphatic heterocycles. The lowest BCUT2D eigenvalue weighted by atomic mass is 9.93. The van der Waals surface area contributed by atoms with Crippen LogP contribution in [0.15, 0.2) is 29.3 Å². The van der Waals surface area contributed by atoms with E-state index in [-0.39, 0.29) is 30.0 Å². The summed E-state index contributed by atoms with van der Waals surface area (Å²) in [5, 5.41) is 7.65. The fraction of sp³-hybridized carbons (Fsp3) is 0.632. The Kier molecular flexibility index (Phi) is 10.8. The summed E-state index contributed by atoms with van der Waals surface area (Å²) in [4.78, 5) is 6.88. The molecule has 4 nitrogen and oxygen atoms in total. The van der Waals surface area contributed by atoms with E-state index in [1.54, 1.807) is 0 Å². The highest BCUT2D eigenvalue weighted by Crippen LogP contribution is 2.20. The Hall–Kier alpha value is -0.530. The van der Waals surface area contributed by atoms with Crippen LogP contribution in [0.1, 0.15) is 44.7 Å². The van der Waals surface area contributed by atoms with Crippen molar-refractivity contribution in [2.45, 2.75) is 39.2 Å². The molecule has 1 aromatic carbocycles. The number of likely N-dealkylation sites (tertiary alicyclic amines) is 1. The number of rotatable bonds is 6. The van der Waals surface area contributed by atoms with E-state index in [9.17, 15) is 0 Å². The molecule has 1 aliphatic rings. The lowest BCUT2D eigenvalue weighted by Gasteiger charge is -2.31. The highest BCUT2D eigenvalue weighted by Gasteiger charge is 2.17. The highest BCUT2D eigenvalue weighted by atomic mass is 127. The summed E-state index contributed by atoms with van der Waals surface area (Å²) >= 11 is 6.07. The van der Waals surface area contributed by atoms with E-state index in [4.69, 9.17) is 11.6 Å². The Morgan fingerprint density at radius 3 is 2.68 bits per heavy atom. The van der Waals surface area contributed by atoms with Crippen molar-refractivity contribution in [2.24, 2.45) is 10.9 Å². The van der Waals surface area contributed by atoms with Crippen molar-refractivity contribution in [1.29, 1.82) is 0 Å². The van der Waals surface area contributed by atoms with Crippen LogP contribution in [0.2, 0.25) is 5.02 Å². The van der Waals surface area contributed by atoms with Gasteiger partial charge in [-0.05, 0) is 69.4 Å². The molecule has 25 heavy (non-hydrogen) atoms. The second-order valence-electron chi connectivity index (χ2n) is 6.59. The molecule has 1 saturated heterocycles. The molecule has 0 bridgehead atoms. The molecule has 1 atom stereocenters. The zero-order valence-electron chi connectivity index (χ0n) is 15.6. The van der Waals surface area contributed by atoms with Gasteiger partial charge in [0.2, 0.25) is 0 Å². The van der Waals surface area contributed by atoms with Crippen molar-refractivity contribution in [3.05, 3.63) is 34.9 Å². The fourth-order valence-corrected chi connectivity index (χ4v) is 3.44. The molecular weight excluding hydrogens is 447 g/mol. The summed E-state index contributed by atoms with van der Waals surface area (Å²) < 4.78 is 0. The number of nitrogens with zero attached hydrogens (tertiary/aromatic N) is 2. The van der Waals surface area contributed by atoms with Gasteiger partial charge in [0.15, 0.2) is 5.96 Å².